The quantitative estimate of drug-likeness (QED) is 0.769. The number of nitrogens with zero attached hydrogens (tertiary/aromatic N) is 2. The van der Waals surface area contributed by atoms with Crippen molar-refractivity contribution in [2.45, 2.75) is 63.6 Å². The highest BCUT2D eigenvalue weighted by Gasteiger charge is 2.32. The fourth-order valence-electron chi connectivity index (χ4n) is 3.83. The molecule has 7 heteroatoms. The van der Waals surface area contributed by atoms with Crippen molar-refractivity contribution < 1.29 is 22.7 Å². The summed E-state index contributed by atoms with van der Waals surface area (Å²) >= 11 is 0. The minimum atomic E-state index is -4.42. The number of ether oxygens (including phenoxy) is 1. The van der Waals surface area contributed by atoms with Crippen LogP contribution in [0.2, 0.25) is 0 Å². The molecule has 0 aromatic carbocycles. The van der Waals surface area contributed by atoms with Crippen LogP contribution in [-0.4, -0.2) is 35.0 Å². The molecule has 4 nitrogen and oxygen atoms in total. The topological polar surface area (TPSA) is 42.4 Å². The lowest BCUT2D eigenvalue weighted by atomic mass is 9.86. The molecule has 0 N–H and O–H groups in total. The number of carbonyl (C=O) groups excluding carboxylic acids is 1. The molecule has 0 radical (unpaired) electrons. The maximum absolute atomic E-state index is 12.8. The lowest BCUT2D eigenvalue weighted by Gasteiger charge is -2.22. The van der Waals surface area contributed by atoms with E-state index in [1.165, 1.54) is 32.1 Å². The molecule has 26 heavy (non-hydrogen) atoms. The van der Waals surface area contributed by atoms with Gasteiger partial charge in [-0.3, -0.25) is 4.79 Å². The van der Waals surface area contributed by atoms with Crippen LogP contribution < -0.4 is 4.74 Å². The Morgan fingerprint density at radius 3 is 2.73 bits per heavy atom. The van der Waals surface area contributed by atoms with Gasteiger partial charge in [0.1, 0.15) is 6.10 Å². The summed E-state index contributed by atoms with van der Waals surface area (Å²) in [6, 6.07) is 1.83. The molecule has 1 unspecified atom stereocenters. The van der Waals surface area contributed by atoms with Crippen LogP contribution in [0.3, 0.4) is 0 Å². The maximum Gasteiger partial charge on any atom is 0.416 e. The Bertz CT molecular complexity index is 615. The lowest BCUT2D eigenvalue weighted by Crippen LogP contribution is -2.31. The average Bonchev–Trinajstić information content (AvgIpc) is 3.09. The maximum atomic E-state index is 12.8. The van der Waals surface area contributed by atoms with Crippen molar-refractivity contribution in [3.8, 4) is 5.88 Å². The Balaban J connectivity index is 1.47. The third kappa shape index (κ3) is 5.11. The van der Waals surface area contributed by atoms with Crippen LogP contribution >= 0.6 is 0 Å². The molecule has 0 spiro atoms. The molecule has 1 aromatic heterocycles. The molecule has 3 rings (SSSR count). The third-order valence-electron chi connectivity index (χ3n) is 5.34. The largest absolute Gasteiger partial charge is 0.472 e. The van der Waals surface area contributed by atoms with Crippen molar-refractivity contribution in [1.82, 2.24) is 9.88 Å². The van der Waals surface area contributed by atoms with Gasteiger partial charge in [0.25, 0.3) is 0 Å². The molecule has 144 valence electrons. The number of alkyl halides is 3. The van der Waals surface area contributed by atoms with Crippen LogP contribution in [0.4, 0.5) is 13.2 Å². The van der Waals surface area contributed by atoms with Gasteiger partial charge in [-0.15, -0.1) is 0 Å². The zero-order valence-corrected chi connectivity index (χ0v) is 14.8. The van der Waals surface area contributed by atoms with E-state index in [2.05, 4.69) is 4.98 Å². The first-order valence-electron chi connectivity index (χ1n) is 9.39. The molecule has 2 fully saturated rings. The Morgan fingerprint density at radius 2 is 2.00 bits per heavy atom. The summed E-state index contributed by atoms with van der Waals surface area (Å²) in [5.41, 5.74) is -0.777. The molecule has 2 heterocycles. The monoisotopic (exact) mass is 370 g/mol. The van der Waals surface area contributed by atoms with Gasteiger partial charge in [0, 0.05) is 31.6 Å². The third-order valence-corrected chi connectivity index (χ3v) is 5.34. The molecular weight excluding hydrogens is 345 g/mol. The van der Waals surface area contributed by atoms with E-state index in [-0.39, 0.29) is 17.9 Å². The number of hydrogen-bond acceptors (Lipinski definition) is 3. The van der Waals surface area contributed by atoms with E-state index in [0.29, 0.717) is 31.8 Å². The highest BCUT2D eigenvalue weighted by Crippen LogP contribution is 2.31. The van der Waals surface area contributed by atoms with Gasteiger partial charge in [0.2, 0.25) is 11.8 Å². The van der Waals surface area contributed by atoms with Crippen LogP contribution in [0.1, 0.15) is 56.9 Å². The van der Waals surface area contributed by atoms with Crippen LogP contribution in [0.15, 0.2) is 18.3 Å². The highest BCUT2D eigenvalue weighted by molar-refractivity contribution is 5.76. The van der Waals surface area contributed by atoms with E-state index in [4.69, 9.17) is 4.74 Å². The second kappa shape index (κ2) is 8.27. The van der Waals surface area contributed by atoms with Crippen LogP contribution in [-0.2, 0) is 11.0 Å². The Labute approximate surface area is 151 Å². The number of carbonyl (C=O) groups is 1. The highest BCUT2D eigenvalue weighted by atomic mass is 19.4. The van der Waals surface area contributed by atoms with E-state index < -0.39 is 11.7 Å². The second-order valence-corrected chi connectivity index (χ2v) is 7.29. The van der Waals surface area contributed by atoms with Gasteiger partial charge in [0.15, 0.2) is 0 Å². The van der Waals surface area contributed by atoms with E-state index in [0.717, 1.165) is 24.8 Å². The van der Waals surface area contributed by atoms with Crippen LogP contribution in [0.25, 0.3) is 0 Å². The van der Waals surface area contributed by atoms with E-state index >= 15 is 0 Å². The summed E-state index contributed by atoms with van der Waals surface area (Å²) < 4.78 is 43.8. The Kier molecular flexibility index (Phi) is 6.04. The van der Waals surface area contributed by atoms with Gasteiger partial charge in [-0.05, 0) is 18.4 Å². The smallest absolute Gasteiger partial charge is 0.416 e. The van der Waals surface area contributed by atoms with Crippen molar-refractivity contribution in [1.29, 1.82) is 0 Å². The van der Waals surface area contributed by atoms with Crippen molar-refractivity contribution >= 4 is 5.91 Å². The first-order chi connectivity index (χ1) is 12.4. The lowest BCUT2D eigenvalue weighted by molar-refractivity contribution is -0.137. The number of pyridine rings is 1. The molecule has 2 aliphatic rings. The second-order valence-electron chi connectivity index (χ2n) is 7.29. The van der Waals surface area contributed by atoms with E-state index in [9.17, 15) is 18.0 Å². The molecule has 1 aliphatic carbocycles. The molecule has 1 aliphatic heterocycles. The Hall–Kier alpha value is -1.79. The van der Waals surface area contributed by atoms with Crippen molar-refractivity contribution in [2.24, 2.45) is 5.92 Å². The zero-order chi connectivity index (χ0) is 18.6. The molecule has 0 bridgehead atoms. The predicted octanol–water partition coefficient (Wildman–Crippen LogP) is 4.44. The molecule has 1 atom stereocenters. The van der Waals surface area contributed by atoms with Crippen LogP contribution in [0, 0.1) is 5.92 Å². The van der Waals surface area contributed by atoms with E-state index in [1.54, 1.807) is 4.90 Å². The zero-order valence-electron chi connectivity index (χ0n) is 14.8. The Morgan fingerprint density at radius 1 is 1.23 bits per heavy atom. The molecular formula is C19H25F3N2O2. The molecule has 1 saturated heterocycles. The van der Waals surface area contributed by atoms with Gasteiger partial charge < -0.3 is 9.64 Å². The van der Waals surface area contributed by atoms with Gasteiger partial charge in [-0.25, -0.2) is 4.98 Å². The molecule has 1 saturated carbocycles. The summed E-state index contributed by atoms with van der Waals surface area (Å²) in [6.07, 6.45) is 4.77. The van der Waals surface area contributed by atoms with Crippen molar-refractivity contribution in [2.75, 3.05) is 13.1 Å². The number of likely N-dealkylation sites (tertiary alicyclic amines) is 1. The minimum absolute atomic E-state index is 0.0404. The summed E-state index contributed by atoms with van der Waals surface area (Å²) in [4.78, 5) is 18.0. The number of rotatable bonds is 5. The average molecular weight is 370 g/mol. The summed E-state index contributed by atoms with van der Waals surface area (Å²) in [5, 5.41) is 0. The normalized spacial score (nSPS) is 21.8. The standard InChI is InChI=1S/C19H25F3N2O2/c20-19(21,22)15-8-10-23-17(12-15)26-16-9-11-24(13-16)18(25)7-6-14-4-2-1-3-5-14/h8,10,12,14,16H,1-7,9,11,13H2. The van der Waals surface area contributed by atoms with E-state index in [1.807, 2.05) is 0 Å². The first-order valence-corrected chi connectivity index (χ1v) is 9.39. The van der Waals surface area contributed by atoms with Crippen molar-refractivity contribution in [3.63, 3.8) is 0 Å². The SMILES string of the molecule is O=C(CCC1CCCCC1)N1CCC(Oc2cc(C(F)(F)F)ccn2)C1. The number of hydrogen-bond donors (Lipinski definition) is 0. The van der Waals surface area contributed by atoms with Crippen molar-refractivity contribution in [3.05, 3.63) is 23.9 Å². The van der Waals surface area contributed by atoms with Gasteiger partial charge in [-0.2, -0.15) is 13.2 Å². The predicted molar refractivity (Wildman–Crippen MR) is 90.7 cm³/mol. The fraction of sp³-hybridized carbons (Fsp3) is 0.684. The van der Waals surface area contributed by atoms with Gasteiger partial charge in [0.05, 0.1) is 12.1 Å². The summed E-state index contributed by atoms with van der Waals surface area (Å²) in [6.45, 7) is 1.01. The van der Waals surface area contributed by atoms with Crippen LogP contribution in [0.5, 0.6) is 5.88 Å². The minimum Gasteiger partial charge on any atom is -0.472 e. The first kappa shape index (κ1) is 19.0. The fourth-order valence-corrected chi connectivity index (χ4v) is 3.83. The summed E-state index contributed by atoms with van der Waals surface area (Å²) in [7, 11) is 0. The number of halogens is 3. The summed E-state index contributed by atoms with van der Waals surface area (Å²) in [5.74, 6) is 0.747. The number of aromatic nitrogens is 1. The number of amides is 1. The molecule has 1 amide bonds. The van der Waals surface area contributed by atoms with Gasteiger partial charge >= 0.3 is 6.18 Å². The van der Waals surface area contributed by atoms with Gasteiger partial charge in [-0.1, -0.05) is 32.1 Å². The molecule has 1 aromatic rings.